The van der Waals surface area contributed by atoms with E-state index in [1.165, 1.54) is 0 Å². The lowest BCUT2D eigenvalue weighted by Crippen LogP contribution is -2.88. The fourth-order valence-corrected chi connectivity index (χ4v) is 3.67. The third-order valence-corrected chi connectivity index (χ3v) is 5.20. The molecule has 1 aromatic carbocycles. The van der Waals surface area contributed by atoms with Crippen LogP contribution in [0.4, 0.5) is 5.82 Å². The maximum Gasteiger partial charge on any atom is 0.277 e. The number of nitrogens with one attached hydrogen (secondary N) is 1. The van der Waals surface area contributed by atoms with Crippen LogP contribution in [0.15, 0.2) is 77.5 Å². The summed E-state index contributed by atoms with van der Waals surface area (Å²) in [7, 11) is 0. The topological polar surface area (TPSA) is 67.4 Å². The van der Waals surface area contributed by atoms with E-state index in [0.717, 1.165) is 43.3 Å². The Morgan fingerprint density at radius 2 is 1.79 bits per heavy atom. The highest BCUT2D eigenvalue weighted by Gasteiger charge is 2.28. The van der Waals surface area contributed by atoms with Gasteiger partial charge in [-0.2, -0.15) is 0 Å². The third-order valence-electron chi connectivity index (χ3n) is 5.20. The van der Waals surface area contributed by atoms with E-state index < -0.39 is 0 Å². The van der Waals surface area contributed by atoms with Crippen molar-refractivity contribution in [3.63, 3.8) is 0 Å². The highest BCUT2D eigenvalue weighted by Crippen LogP contribution is 2.18. The molecule has 3 heterocycles. The molecule has 4 rings (SSSR count). The largest absolute Gasteiger partial charge is 0.463 e. The number of H-pyrrole nitrogens is 1. The first-order valence-corrected chi connectivity index (χ1v) is 9.72. The van der Waals surface area contributed by atoms with Crippen LogP contribution in [0.5, 0.6) is 0 Å². The summed E-state index contributed by atoms with van der Waals surface area (Å²) in [6.45, 7) is 3.56. The normalized spacial score (nSPS) is 15.4. The number of amides is 1. The van der Waals surface area contributed by atoms with E-state index in [9.17, 15) is 4.79 Å². The standard InChI is InChI=1S/C22H24N4O2/c27-21(26-14-12-25(13-15-26)20-10-4-5-11-23-20)17-24-22(19-9-6-16-28-19)18-7-2-1-3-8-18/h1-11,16,22,24H,12-15,17H2/p+2/t22-/m1/s1. The van der Waals surface area contributed by atoms with Gasteiger partial charge in [0.15, 0.2) is 18.3 Å². The average Bonchev–Trinajstić information content (AvgIpc) is 3.30. The molecule has 0 unspecified atom stereocenters. The van der Waals surface area contributed by atoms with Gasteiger partial charge in [-0.05, 0) is 18.2 Å². The van der Waals surface area contributed by atoms with Gasteiger partial charge in [0.05, 0.1) is 25.5 Å². The number of hydrogen-bond acceptors (Lipinski definition) is 3. The number of nitrogens with two attached hydrogens (primary N) is 1. The SMILES string of the molecule is O=C(C[NH2+][C@H](c1ccccc1)c1ccco1)N1CCN(c2cccc[nH+]2)CC1. The Bertz CT molecular complexity index is 860. The van der Waals surface area contributed by atoms with Crippen molar-refractivity contribution >= 4 is 11.7 Å². The number of furan rings is 1. The number of benzene rings is 1. The summed E-state index contributed by atoms with van der Waals surface area (Å²) in [5.41, 5.74) is 1.13. The van der Waals surface area contributed by atoms with Gasteiger partial charge in [0.25, 0.3) is 11.7 Å². The van der Waals surface area contributed by atoms with Gasteiger partial charge >= 0.3 is 0 Å². The molecular formula is C22H26N4O2+2. The minimum atomic E-state index is -0.0136. The van der Waals surface area contributed by atoms with Gasteiger partial charge in [0.2, 0.25) is 0 Å². The van der Waals surface area contributed by atoms with Gasteiger partial charge in [-0.25, -0.2) is 4.98 Å². The Morgan fingerprint density at radius 1 is 1.00 bits per heavy atom. The van der Waals surface area contributed by atoms with Gasteiger partial charge in [-0.3, -0.25) is 9.69 Å². The van der Waals surface area contributed by atoms with Crippen LogP contribution in [0, 0.1) is 0 Å². The molecule has 1 aliphatic heterocycles. The molecule has 0 saturated carbocycles. The highest BCUT2D eigenvalue weighted by molar-refractivity contribution is 5.77. The first-order chi connectivity index (χ1) is 13.8. The van der Waals surface area contributed by atoms with E-state index in [1.54, 1.807) is 6.26 Å². The summed E-state index contributed by atoms with van der Waals surface area (Å²) >= 11 is 0. The van der Waals surface area contributed by atoms with E-state index in [2.05, 4.69) is 33.4 Å². The summed E-state index contributed by atoms with van der Waals surface area (Å²) in [6.07, 6.45) is 3.61. The molecule has 0 bridgehead atoms. The number of nitrogens with zero attached hydrogens (tertiary/aromatic N) is 2. The smallest absolute Gasteiger partial charge is 0.277 e. The number of quaternary nitrogens is 1. The van der Waals surface area contributed by atoms with Crippen molar-refractivity contribution in [1.29, 1.82) is 0 Å². The molecule has 0 aliphatic carbocycles. The lowest BCUT2D eigenvalue weighted by Gasteiger charge is -2.30. The molecular weight excluding hydrogens is 352 g/mol. The lowest BCUT2D eigenvalue weighted by molar-refractivity contribution is -0.679. The molecule has 1 atom stereocenters. The van der Waals surface area contributed by atoms with Gasteiger partial charge in [0, 0.05) is 11.6 Å². The Kier molecular flexibility index (Phi) is 5.68. The molecule has 144 valence electrons. The van der Waals surface area contributed by atoms with Crippen molar-refractivity contribution in [2.75, 3.05) is 37.6 Å². The van der Waals surface area contributed by atoms with Crippen LogP contribution in [0.2, 0.25) is 0 Å². The average molecular weight is 378 g/mol. The molecule has 1 aliphatic rings. The fourth-order valence-electron chi connectivity index (χ4n) is 3.67. The number of aromatic amines is 1. The molecule has 0 radical (unpaired) electrons. The van der Waals surface area contributed by atoms with Crippen LogP contribution in [0.1, 0.15) is 17.4 Å². The van der Waals surface area contributed by atoms with Crippen LogP contribution < -0.4 is 15.2 Å². The highest BCUT2D eigenvalue weighted by atomic mass is 16.3. The molecule has 6 heteroatoms. The van der Waals surface area contributed by atoms with E-state index >= 15 is 0 Å². The number of hydrogen-bond donors (Lipinski definition) is 1. The first-order valence-electron chi connectivity index (χ1n) is 9.72. The second-order valence-corrected chi connectivity index (χ2v) is 6.96. The lowest BCUT2D eigenvalue weighted by atomic mass is 10.0. The number of anilines is 1. The van der Waals surface area contributed by atoms with Crippen molar-refractivity contribution in [3.8, 4) is 0 Å². The molecule has 28 heavy (non-hydrogen) atoms. The van der Waals surface area contributed by atoms with E-state index in [0.29, 0.717) is 6.54 Å². The Hall–Kier alpha value is -3.12. The van der Waals surface area contributed by atoms with Gasteiger partial charge < -0.3 is 14.6 Å². The fraction of sp³-hybridized carbons (Fsp3) is 0.273. The summed E-state index contributed by atoms with van der Waals surface area (Å²) in [5.74, 6) is 2.13. The van der Waals surface area contributed by atoms with Crippen LogP contribution in [0.25, 0.3) is 0 Å². The molecule has 1 fully saturated rings. The quantitative estimate of drug-likeness (QED) is 0.698. The van der Waals surface area contributed by atoms with Gasteiger partial charge in [-0.15, -0.1) is 0 Å². The van der Waals surface area contributed by atoms with Gasteiger partial charge in [-0.1, -0.05) is 36.4 Å². The molecule has 3 aromatic rings. The first kappa shape index (κ1) is 18.3. The van der Waals surface area contributed by atoms with Crippen LogP contribution >= 0.6 is 0 Å². The zero-order valence-corrected chi connectivity index (χ0v) is 15.8. The third kappa shape index (κ3) is 4.23. The van der Waals surface area contributed by atoms with Crippen LogP contribution in [0.3, 0.4) is 0 Å². The minimum Gasteiger partial charge on any atom is -0.463 e. The Morgan fingerprint density at radius 3 is 2.46 bits per heavy atom. The van der Waals surface area contributed by atoms with Crippen LogP contribution in [-0.2, 0) is 4.79 Å². The molecule has 1 amide bonds. The molecule has 6 nitrogen and oxygen atoms in total. The molecule has 3 N–H and O–H groups in total. The number of carbonyl (C=O) groups is 1. The van der Waals surface area contributed by atoms with Crippen molar-refractivity contribution < 1.29 is 19.5 Å². The zero-order valence-electron chi connectivity index (χ0n) is 15.8. The predicted molar refractivity (Wildman–Crippen MR) is 106 cm³/mol. The second-order valence-electron chi connectivity index (χ2n) is 6.96. The molecule has 1 saturated heterocycles. The minimum absolute atomic E-state index is 0.0136. The molecule has 2 aromatic heterocycles. The van der Waals surface area contributed by atoms with Crippen LogP contribution in [-0.4, -0.2) is 43.5 Å². The zero-order chi connectivity index (χ0) is 19.2. The van der Waals surface area contributed by atoms with E-state index in [4.69, 9.17) is 4.42 Å². The number of pyridine rings is 1. The summed E-state index contributed by atoms with van der Waals surface area (Å²) in [4.78, 5) is 20.3. The van der Waals surface area contributed by atoms with Crippen molar-refractivity contribution in [3.05, 3.63) is 84.4 Å². The maximum atomic E-state index is 12.8. The number of rotatable bonds is 6. The number of aromatic nitrogens is 1. The second kappa shape index (κ2) is 8.71. The Labute approximate surface area is 164 Å². The summed E-state index contributed by atoms with van der Waals surface area (Å²) in [6, 6.07) is 20.1. The van der Waals surface area contributed by atoms with Crippen molar-refractivity contribution in [2.24, 2.45) is 0 Å². The van der Waals surface area contributed by atoms with Gasteiger partial charge in [0.1, 0.15) is 13.1 Å². The number of carbonyl (C=O) groups excluding carboxylic acids is 1. The summed E-state index contributed by atoms with van der Waals surface area (Å²) in [5, 5.41) is 2.06. The predicted octanol–water partition coefficient (Wildman–Crippen LogP) is 1.10. The molecule has 0 spiro atoms. The van der Waals surface area contributed by atoms with Crippen molar-refractivity contribution in [1.82, 2.24) is 4.90 Å². The maximum absolute atomic E-state index is 12.8. The Balaban J connectivity index is 1.34. The summed E-state index contributed by atoms with van der Waals surface area (Å²) < 4.78 is 5.62. The monoisotopic (exact) mass is 378 g/mol. The van der Waals surface area contributed by atoms with Crippen molar-refractivity contribution in [2.45, 2.75) is 6.04 Å². The van der Waals surface area contributed by atoms with E-state index in [-0.39, 0.29) is 11.9 Å². The number of piperazine rings is 1. The van der Waals surface area contributed by atoms with E-state index in [1.807, 2.05) is 53.6 Å².